The molecular formula is C21H25F2N3O. The van der Waals surface area contributed by atoms with E-state index in [1.165, 1.54) is 18.2 Å². The summed E-state index contributed by atoms with van der Waals surface area (Å²) in [5.41, 5.74) is 2.24. The molecule has 1 aliphatic rings. The molecule has 1 aromatic heterocycles. The SMILES string of the molecule is C[C@@H]1Cc2nc(NC(=O)CC(C)(C)C)c(F)cc2N1Cc1ccc(F)cc1. The molecule has 0 spiro atoms. The lowest BCUT2D eigenvalue weighted by atomic mass is 9.92. The molecule has 144 valence electrons. The zero-order chi connectivity index (χ0) is 19.8. The highest BCUT2D eigenvalue weighted by Crippen LogP contribution is 2.34. The molecule has 0 unspecified atom stereocenters. The number of aromatic nitrogens is 1. The Balaban J connectivity index is 1.80. The van der Waals surface area contributed by atoms with E-state index in [1.807, 2.05) is 27.7 Å². The molecule has 1 N–H and O–H groups in total. The van der Waals surface area contributed by atoms with Crippen LogP contribution in [-0.4, -0.2) is 16.9 Å². The van der Waals surface area contributed by atoms with Crippen molar-refractivity contribution >= 4 is 17.4 Å². The lowest BCUT2D eigenvalue weighted by Crippen LogP contribution is -2.28. The number of hydrogen-bond acceptors (Lipinski definition) is 3. The van der Waals surface area contributed by atoms with E-state index in [2.05, 4.69) is 15.2 Å². The van der Waals surface area contributed by atoms with Crippen LogP contribution in [0.15, 0.2) is 30.3 Å². The topological polar surface area (TPSA) is 45.2 Å². The third-order valence-corrected chi connectivity index (χ3v) is 4.58. The second-order valence-corrected chi connectivity index (χ2v) is 8.38. The lowest BCUT2D eigenvalue weighted by Gasteiger charge is -2.25. The van der Waals surface area contributed by atoms with Gasteiger partial charge in [-0.3, -0.25) is 4.79 Å². The van der Waals surface area contributed by atoms with E-state index in [0.717, 1.165) is 16.9 Å². The van der Waals surface area contributed by atoms with Crippen molar-refractivity contribution in [1.29, 1.82) is 0 Å². The number of carbonyl (C=O) groups is 1. The van der Waals surface area contributed by atoms with Crippen LogP contribution in [0.25, 0.3) is 0 Å². The Morgan fingerprint density at radius 2 is 1.93 bits per heavy atom. The normalized spacial score (nSPS) is 16.4. The fourth-order valence-corrected chi connectivity index (χ4v) is 3.32. The van der Waals surface area contributed by atoms with E-state index in [-0.39, 0.29) is 35.4 Å². The van der Waals surface area contributed by atoms with Gasteiger partial charge in [-0.2, -0.15) is 0 Å². The highest BCUT2D eigenvalue weighted by Gasteiger charge is 2.29. The van der Waals surface area contributed by atoms with Crippen LogP contribution in [0.1, 0.15) is 45.4 Å². The largest absolute Gasteiger partial charge is 0.363 e. The third-order valence-electron chi connectivity index (χ3n) is 4.58. The molecule has 27 heavy (non-hydrogen) atoms. The molecule has 0 bridgehead atoms. The van der Waals surface area contributed by atoms with Crippen LogP contribution in [0.4, 0.5) is 20.3 Å². The van der Waals surface area contributed by atoms with Crippen molar-refractivity contribution in [3.63, 3.8) is 0 Å². The first-order chi connectivity index (χ1) is 12.6. The van der Waals surface area contributed by atoms with Crippen LogP contribution in [-0.2, 0) is 17.8 Å². The second-order valence-electron chi connectivity index (χ2n) is 8.38. The number of amides is 1. The van der Waals surface area contributed by atoms with Gasteiger partial charge in [-0.25, -0.2) is 13.8 Å². The van der Waals surface area contributed by atoms with Crippen molar-refractivity contribution in [3.8, 4) is 0 Å². The van der Waals surface area contributed by atoms with Crippen LogP contribution < -0.4 is 10.2 Å². The fraction of sp³-hybridized carbons (Fsp3) is 0.429. The average molecular weight is 373 g/mol. The Morgan fingerprint density at radius 1 is 1.26 bits per heavy atom. The number of rotatable bonds is 4. The molecule has 0 saturated carbocycles. The standard InChI is InChI=1S/C21H25F2N3O/c1-13-9-17-18(26(13)12-14-5-7-15(22)8-6-14)10-16(23)20(24-17)25-19(27)11-21(2,3)4/h5-8,10,13H,9,11-12H2,1-4H3,(H,24,25,27)/t13-/m1/s1. The molecule has 4 nitrogen and oxygen atoms in total. The van der Waals surface area contributed by atoms with Crippen molar-refractivity contribution in [2.75, 3.05) is 10.2 Å². The van der Waals surface area contributed by atoms with Gasteiger partial charge in [-0.15, -0.1) is 0 Å². The van der Waals surface area contributed by atoms with Crippen LogP contribution >= 0.6 is 0 Å². The van der Waals surface area contributed by atoms with Gasteiger partial charge >= 0.3 is 0 Å². The summed E-state index contributed by atoms with van der Waals surface area (Å²) in [7, 11) is 0. The molecule has 1 atom stereocenters. The molecule has 1 aromatic carbocycles. The highest BCUT2D eigenvalue weighted by atomic mass is 19.1. The number of benzene rings is 1. The van der Waals surface area contributed by atoms with Crippen molar-refractivity contribution in [2.45, 2.75) is 53.1 Å². The Bertz CT molecular complexity index is 844. The first-order valence-corrected chi connectivity index (χ1v) is 9.13. The van der Waals surface area contributed by atoms with E-state index in [4.69, 9.17) is 0 Å². The monoisotopic (exact) mass is 373 g/mol. The van der Waals surface area contributed by atoms with Gasteiger partial charge in [0.15, 0.2) is 11.6 Å². The maximum atomic E-state index is 14.6. The fourth-order valence-electron chi connectivity index (χ4n) is 3.32. The molecule has 0 fully saturated rings. The molecule has 1 aliphatic heterocycles. The van der Waals surface area contributed by atoms with E-state index in [9.17, 15) is 13.6 Å². The maximum absolute atomic E-state index is 14.6. The summed E-state index contributed by atoms with van der Waals surface area (Å²) in [5, 5.41) is 2.60. The van der Waals surface area contributed by atoms with Crippen molar-refractivity contribution in [1.82, 2.24) is 4.98 Å². The second kappa shape index (κ2) is 7.25. The van der Waals surface area contributed by atoms with Crippen LogP contribution in [0.2, 0.25) is 0 Å². The quantitative estimate of drug-likeness (QED) is 0.846. The maximum Gasteiger partial charge on any atom is 0.226 e. The van der Waals surface area contributed by atoms with Gasteiger partial charge in [-0.05, 0) is 30.0 Å². The highest BCUT2D eigenvalue weighted by molar-refractivity contribution is 5.90. The predicted octanol–water partition coefficient (Wildman–Crippen LogP) is 4.69. The van der Waals surface area contributed by atoms with E-state index < -0.39 is 5.82 Å². The number of nitrogens with one attached hydrogen (secondary N) is 1. The van der Waals surface area contributed by atoms with Gasteiger partial charge in [0.2, 0.25) is 5.91 Å². The summed E-state index contributed by atoms with van der Waals surface area (Å²) in [4.78, 5) is 18.5. The molecule has 6 heteroatoms. The van der Waals surface area contributed by atoms with Crippen molar-refractivity contribution in [3.05, 3.63) is 53.2 Å². The number of halogens is 2. The summed E-state index contributed by atoms with van der Waals surface area (Å²) < 4.78 is 27.7. The molecular weight excluding hydrogens is 348 g/mol. The Labute approximate surface area is 158 Å². The predicted molar refractivity (Wildman–Crippen MR) is 103 cm³/mol. The molecule has 0 saturated heterocycles. The van der Waals surface area contributed by atoms with E-state index >= 15 is 0 Å². The Hall–Kier alpha value is -2.50. The molecule has 2 heterocycles. The van der Waals surface area contributed by atoms with E-state index in [1.54, 1.807) is 12.1 Å². The average Bonchev–Trinajstić information content (AvgIpc) is 2.83. The van der Waals surface area contributed by atoms with Crippen molar-refractivity contribution < 1.29 is 13.6 Å². The number of anilines is 2. The summed E-state index contributed by atoms with van der Waals surface area (Å²) in [6, 6.07) is 7.86. The molecule has 3 rings (SSSR count). The van der Waals surface area contributed by atoms with Gasteiger partial charge in [0.1, 0.15) is 5.82 Å². The molecule has 0 aliphatic carbocycles. The van der Waals surface area contributed by atoms with Crippen LogP contribution in [0.5, 0.6) is 0 Å². The minimum Gasteiger partial charge on any atom is -0.363 e. The first kappa shape index (κ1) is 19.3. The molecule has 1 amide bonds. The lowest BCUT2D eigenvalue weighted by molar-refractivity contribution is -0.117. The van der Waals surface area contributed by atoms with Gasteiger partial charge in [0.05, 0.1) is 11.4 Å². The number of fused-ring (bicyclic) bond motifs is 1. The number of hydrogen-bond donors (Lipinski definition) is 1. The van der Waals surface area contributed by atoms with Gasteiger partial charge in [-0.1, -0.05) is 32.9 Å². The zero-order valence-electron chi connectivity index (χ0n) is 16.1. The number of nitrogens with zero attached hydrogens (tertiary/aromatic N) is 2. The van der Waals surface area contributed by atoms with Crippen molar-refractivity contribution in [2.24, 2.45) is 5.41 Å². The number of pyridine rings is 1. The smallest absolute Gasteiger partial charge is 0.226 e. The zero-order valence-corrected chi connectivity index (χ0v) is 16.1. The summed E-state index contributed by atoms with van der Waals surface area (Å²) >= 11 is 0. The van der Waals surface area contributed by atoms with Gasteiger partial charge < -0.3 is 10.2 Å². The van der Waals surface area contributed by atoms with Crippen LogP contribution in [0, 0.1) is 17.0 Å². The molecule has 0 radical (unpaired) electrons. The minimum atomic E-state index is -0.547. The summed E-state index contributed by atoms with van der Waals surface area (Å²) in [6.45, 7) is 8.45. The Morgan fingerprint density at radius 3 is 2.56 bits per heavy atom. The minimum absolute atomic E-state index is 0.0150. The first-order valence-electron chi connectivity index (χ1n) is 9.13. The van der Waals surface area contributed by atoms with Gasteiger partial charge in [0.25, 0.3) is 0 Å². The van der Waals surface area contributed by atoms with E-state index in [0.29, 0.717) is 13.0 Å². The summed E-state index contributed by atoms with van der Waals surface area (Å²) in [5.74, 6) is -1.09. The Kier molecular flexibility index (Phi) is 5.18. The van der Waals surface area contributed by atoms with Crippen LogP contribution in [0.3, 0.4) is 0 Å². The third kappa shape index (κ3) is 4.62. The van der Waals surface area contributed by atoms with Gasteiger partial charge in [0, 0.05) is 31.5 Å². The molecule has 2 aromatic rings. The number of carbonyl (C=O) groups excluding carboxylic acids is 1. The summed E-state index contributed by atoms with van der Waals surface area (Å²) in [6.07, 6.45) is 0.956.